The number of nitrogens with zero attached hydrogens (tertiary/aromatic N) is 2. The first-order chi connectivity index (χ1) is 11.8. The lowest BCUT2D eigenvalue weighted by Crippen LogP contribution is -2.40. The molecule has 2 unspecified atom stereocenters. The first-order valence-corrected chi connectivity index (χ1v) is 8.52. The first-order valence-electron chi connectivity index (χ1n) is 8.52. The van der Waals surface area contributed by atoms with Gasteiger partial charge in [-0.15, -0.1) is 0 Å². The number of nitriles is 1. The second kappa shape index (κ2) is 7.87. The van der Waals surface area contributed by atoms with Gasteiger partial charge in [0.1, 0.15) is 12.4 Å². The van der Waals surface area contributed by atoms with Crippen molar-refractivity contribution in [1.82, 2.24) is 10.2 Å². The van der Waals surface area contributed by atoms with E-state index < -0.39 is 0 Å². The van der Waals surface area contributed by atoms with E-state index in [9.17, 15) is 4.79 Å². The van der Waals surface area contributed by atoms with Crippen LogP contribution in [0.3, 0.4) is 0 Å². The van der Waals surface area contributed by atoms with Gasteiger partial charge in [0.05, 0.1) is 19.0 Å². The van der Waals surface area contributed by atoms with Crippen LogP contribution >= 0.6 is 0 Å². The number of hydrogen-bond acceptors (Lipinski definition) is 3. The molecule has 2 aliphatic rings. The number of allylic oxidation sites excluding steroid dienone is 2. The number of benzene rings is 1. The summed E-state index contributed by atoms with van der Waals surface area (Å²) < 4.78 is 5.62. The lowest BCUT2D eigenvalue weighted by atomic mass is 9.86. The highest BCUT2D eigenvalue weighted by molar-refractivity contribution is 5.74. The minimum absolute atomic E-state index is 0.0115. The van der Waals surface area contributed by atoms with E-state index in [1.165, 1.54) is 0 Å². The predicted molar refractivity (Wildman–Crippen MR) is 91.6 cm³/mol. The van der Waals surface area contributed by atoms with Crippen molar-refractivity contribution in [2.45, 2.75) is 19.3 Å². The Hall–Kier alpha value is -2.48. The number of nitrogens with one attached hydrogen (secondary N) is 1. The SMILES string of the molecule is N#CCc1ccc(OCCNC(=O)N2CC3CC=CCC3C2)cc1. The maximum Gasteiger partial charge on any atom is 0.317 e. The zero-order chi connectivity index (χ0) is 16.8. The van der Waals surface area contributed by atoms with Gasteiger partial charge in [0.25, 0.3) is 0 Å². The number of amides is 2. The van der Waals surface area contributed by atoms with Crippen LogP contribution in [-0.4, -0.2) is 37.2 Å². The van der Waals surface area contributed by atoms with E-state index in [0.717, 1.165) is 37.2 Å². The van der Waals surface area contributed by atoms with Gasteiger partial charge >= 0.3 is 6.03 Å². The van der Waals surface area contributed by atoms with Gasteiger partial charge in [-0.1, -0.05) is 24.3 Å². The molecule has 126 valence electrons. The zero-order valence-electron chi connectivity index (χ0n) is 13.8. The van der Waals surface area contributed by atoms with Crippen LogP contribution in [0.2, 0.25) is 0 Å². The molecule has 1 aromatic rings. The summed E-state index contributed by atoms with van der Waals surface area (Å²) in [5.74, 6) is 2.01. The van der Waals surface area contributed by atoms with E-state index in [0.29, 0.717) is 31.4 Å². The first kappa shape index (κ1) is 16.4. The second-order valence-electron chi connectivity index (χ2n) is 6.43. The number of ether oxygens (including phenoxy) is 1. The Kier molecular flexibility index (Phi) is 5.37. The lowest BCUT2D eigenvalue weighted by molar-refractivity contribution is 0.203. The highest BCUT2D eigenvalue weighted by atomic mass is 16.5. The van der Waals surface area contributed by atoms with Crippen LogP contribution in [0.15, 0.2) is 36.4 Å². The molecule has 1 aliphatic carbocycles. The third-order valence-corrected chi connectivity index (χ3v) is 4.76. The minimum atomic E-state index is 0.0115. The van der Waals surface area contributed by atoms with Crippen LogP contribution < -0.4 is 10.1 Å². The summed E-state index contributed by atoms with van der Waals surface area (Å²) >= 11 is 0. The Morgan fingerprint density at radius 3 is 2.50 bits per heavy atom. The summed E-state index contributed by atoms with van der Waals surface area (Å²) in [5.41, 5.74) is 0.975. The summed E-state index contributed by atoms with van der Waals surface area (Å²) in [5, 5.41) is 11.6. The fourth-order valence-electron chi connectivity index (χ4n) is 3.41. The van der Waals surface area contributed by atoms with Crippen LogP contribution in [0.4, 0.5) is 4.79 Å². The average Bonchev–Trinajstić information content (AvgIpc) is 3.04. The fraction of sp³-hybridized carbons (Fsp3) is 0.474. The standard InChI is InChI=1S/C19H23N3O2/c20-10-9-15-5-7-18(8-6-15)24-12-11-21-19(23)22-13-16-3-1-2-4-17(16)14-22/h1-2,5-8,16-17H,3-4,9,11-14H2,(H,21,23). The van der Waals surface area contributed by atoms with Gasteiger partial charge in [0.15, 0.2) is 0 Å². The molecule has 1 saturated heterocycles. The molecule has 2 amide bonds. The van der Waals surface area contributed by atoms with Crippen molar-refractivity contribution in [2.24, 2.45) is 11.8 Å². The molecule has 0 aromatic heterocycles. The van der Waals surface area contributed by atoms with E-state index in [1.54, 1.807) is 0 Å². The third kappa shape index (κ3) is 4.08. The molecule has 0 saturated carbocycles. The van der Waals surface area contributed by atoms with Gasteiger partial charge in [-0.3, -0.25) is 0 Å². The zero-order valence-corrected chi connectivity index (χ0v) is 13.8. The maximum absolute atomic E-state index is 12.2. The molecule has 1 N–H and O–H groups in total. The van der Waals surface area contributed by atoms with Crippen molar-refractivity contribution >= 4 is 6.03 Å². The number of fused-ring (bicyclic) bond motifs is 1. The van der Waals surface area contributed by atoms with Gasteiger partial charge in [0, 0.05) is 13.1 Å². The molecule has 0 radical (unpaired) electrons. The molecular weight excluding hydrogens is 302 g/mol. The topological polar surface area (TPSA) is 65.4 Å². The largest absolute Gasteiger partial charge is 0.492 e. The van der Waals surface area contributed by atoms with Crippen LogP contribution in [0.1, 0.15) is 18.4 Å². The summed E-state index contributed by atoms with van der Waals surface area (Å²) in [4.78, 5) is 14.2. The van der Waals surface area contributed by atoms with Crippen molar-refractivity contribution in [3.8, 4) is 11.8 Å². The van der Waals surface area contributed by atoms with Crippen LogP contribution in [0.25, 0.3) is 0 Å². The van der Waals surface area contributed by atoms with Gasteiger partial charge in [0.2, 0.25) is 0 Å². The highest BCUT2D eigenvalue weighted by Gasteiger charge is 2.34. The Balaban J connectivity index is 1.36. The smallest absolute Gasteiger partial charge is 0.317 e. The third-order valence-electron chi connectivity index (χ3n) is 4.76. The number of hydrogen-bond donors (Lipinski definition) is 1. The van der Waals surface area contributed by atoms with E-state index >= 15 is 0 Å². The molecular formula is C19H23N3O2. The van der Waals surface area contributed by atoms with Gasteiger partial charge in [-0.25, -0.2) is 4.79 Å². The second-order valence-corrected chi connectivity index (χ2v) is 6.43. The van der Waals surface area contributed by atoms with Crippen LogP contribution in [-0.2, 0) is 6.42 Å². The molecule has 1 aliphatic heterocycles. The fourth-order valence-corrected chi connectivity index (χ4v) is 3.41. The molecule has 2 atom stereocenters. The van der Waals surface area contributed by atoms with Crippen molar-refractivity contribution in [3.05, 3.63) is 42.0 Å². The number of carbonyl (C=O) groups excluding carboxylic acids is 1. The number of likely N-dealkylation sites (tertiary alicyclic amines) is 1. The summed E-state index contributed by atoms with van der Waals surface area (Å²) in [6, 6.07) is 9.61. The van der Waals surface area contributed by atoms with Crippen LogP contribution in [0.5, 0.6) is 5.75 Å². The molecule has 0 spiro atoms. The Bertz CT molecular complexity index is 617. The molecule has 1 fully saturated rings. The quantitative estimate of drug-likeness (QED) is 0.669. The summed E-state index contributed by atoms with van der Waals surface area (Å²) in [7, 11) is 0. The molecule has 5 nitrogen and oxygen atoms in total. The number of carbonyl (C=O) groups is 1. The van der Waals surface area contributed by atoms with Crippen molar-refractivity contribution < 1.29 is 9.53 Å². The van der Waals surface area contributed by atoms with Crippen molar-refractivity contribution in [1.29, 1.82) is 5.26 Å². The monoisotopic (exact) mass is 325 g/mol. The van der Waals surface area contributed by atoms with Gasteiger partial charge < -0.3 is 15.0 Å². The Morgan fingerprint density at radius 1 is 1.21 bits per heavy atom. The van der Waals surface area contributed by atoms with Crippen LogP contribution in [0, 0.1) is 23.2 Å². The van der Waals surface area contributed by atoms with E-state index in [2.05, 4.69) is 23.5 Å². The van der Waals surface area contributed by atoms with E-state index in [-0.39, 0.29) is 6.03 Å². The molecule has 1 aromatic carbocycles. The van der Waals surface area contributed by atoms with E-state index in [1.807, 2.05) is 29.2 Å². The van der Waals surface area contributed by atoms with Crippen molar-refractivity contribution in [2.75, 3.05) is 26.2 Å². The Morgan fingerprint density at radius 2 is 1.88 bits per heavy atom. The number of urea groups is 1. The molecule has 1 heterocycles. The van der Waals surface area contributed by atoms with E-state index in [4.69, 9.17) is 10.00 Å². The lowest BCUT2D eigenvalue weighted by Gasteiger charge is -2.17. The molecule has 3 rings (SSSR count). The number of rotatable bonds is 5. The summed E-state index contributed by atoms with van der Waals surface area (Å²) in [6.45, 7) is 2.65. The Labute approximate surface area is 142 Å². The van der Waals surface area contributed by atoms with Crippen molar-refractivity contribution in [3.63, 3.8) is 0 Å². The average molecular weight is 325 g/mol. The van der Waals surface area contributed by atoms with Gasteiger partial charge in [-0.2, -0.15) is 5.26 Å². The predicted octanol–water partition coefficient (Wildman–Crippen LogP) is 2.74. The summed E-state index contributed by atoms with van der Waals surface area (Å²) in [6.07, 6.45) is 7.07. The highest BCUT2D eigenvalue weighted by Crippen LogP contribution is 2.32. The van der Waals surface area contributed by atoms with Gasteiger partial charge in [-0.05, 0) is 42.4 Å². The molecule has 0 bridgehead atoms. The molecule has 5 heteroatoms. The maximum atomic E-state index is 12.2. The minimum Gasteiger partial charge on any atom is -0.492 e. The normalized spacial score (nSPS) is 21.9. The molecule has 24 heavy (non-hydrogen) atoms.